The van der Waals surface area contributed by atoms with Crippen LogP contribution in [0.3, 0.4) is 0 Å². The molecule has 0 N–H and O–H groups in total. The second-order valence-corrected chi connectivity index (χ2v) is 7.09. The molecule has 28 heavy (non-hydrogen) atoms. The lowest BCUT2D eigenvalue weighted by Gasteiger charge is -2.33. The Bertz CT molecular complexity index is 1010. The first-order chi connectivity index (χ1) is 13.5. The standard InChI is InChI=1S/C19H20F2N6O/c1-12(28)7-13-3-2-6-26(10-13)18-8-15(23-11-24-18)16-9-22-17-5-4-14(19(20)21)25-27(16)17/h4-5,8-9,11,13,19H,2-3,6-7,10H2,1H3. The second kappa shape index (κ2) is 7.57. The lowest BCUT2D eigenvalue weighted by Crippen LogP contribution is -2.36. The Morgan fingerprint density at radius 3 is 2.93 bits per heavy atom. The fraction of sp³-hybridized carbons (Fsp3) is 0.421. The number of halogens is 2. The molecule has 1 fully saturated rings. The average Bonchev–Trinajstić information content (AvgIpc) is 3.11. The van der Waals surface area contributed by atoms with Gasteiger partial charge in [-0.15, -0.1) is 0 Å². The number of piperidine rings is 1. The molecule has 1 aliphatic heterocycles. The number of alkyl halides is 2. The van der Waals surface area contributed by atoms with Gasteiger partial charge in [0.05, 0.1) is 11.9 Å². The molecule has 0 spiro atoms. The van der Waals surface area contributed by atoms with E-state index in [0.29, 0.717) is 29.4 Å². The highest BCUT2D eigenvalue weighted by Gasteiger charge is 2.23. The van der Waals surface area contributed by atoms with Gasteiger partial charge in [-0.25, -0.2) is 28.2 Å². The molecule has 4 heterocycles. The Morgan fingerprint density at radius 2 is 2.14 bits per heavy atom. The van der Waals surface area contributed by atoms with Crippen molar-refractivity contribution in [3.05, 3.63) is 36.4 Å². The summed E-state index contributed by atoms with van der Waals surface area (Å²) < 4.78 is 27.4. The van der Waals surface area contributed by atoms with E-state index in [1.54, 1.807) is 13.1 Å². The zero-order valence-electron chi connectivity index (χ0n) is 15.4. The van der Waals surface area contributed by atoms with Crippen molar-refractivity contribution in [3.63, 3.8) is 0 Å². The van der Waals surface area contributed by atoms with Crippen LogP contribution in [-0.2, 0) is 4.79 Å². The van der Waals surface area contributed by atoms with E-state index in [4.69, 9.17) is 0 Å². The highest BCUT2D eigenvalue weighted by molar-refractivity contribution is 5.75. The smallest absolute Gasteiger partial charge is 0.282 e. The minimum atomic E-state index is -2.66. The highest BCUT2D eigenvalue weighted by Crippen LogP contribution is 2.27. The number of anilines is 1. The van der Waals surface area contributed by atoms with Crippen LogP contribution in [0.5, 0.6) is 0 Å². The fourth-order valence-corrected chi connectivity index (χ4v) is 3.68. The minimum absolute atomic E-state index is 0.196. The Hall–Kier alpha value is -2.97. The normalized spacial score (nSPS) is 17.4. The number of nitrogens with zero attached hydrogens (tertiary/aromatic N) is 6. The first-order valence-electron chi connectivity index (χ1n) is 9.21. The van der Waals surface area contributed by atoms with Crippen LogP contribution in [0.4, 0.5) is 14.6 Å². The van der Waals surface area contributed by atoms with Crippen molar-refractivity contribution >= 4 is 17.2 Å². The summed E-state index contributed by atoms with van der Waals surface area (Å²) in [5, 5.41) is 3.99. The maximum atomic E-state index is 13.0. The molecule has 1 aliphatic rings. The number of carbonyl (C=O) groups is 1. The number of hydrogen-bond acceptors (Lipinski definition) is 6. The van der Waals surface area contributed by atoms with Gasteiger partial charge in [0.2, 0.25) is 0 Å². The van der Waals surface area contributed by atoms with Gasteiger partial charge < -0.3 is 9.69 Å². The third-order valence-corrected chi connectivity index (χ3v) is 4.94. The average molecular weight is 386 g/mol. The molecular weight excluding hydrogens is 366 g/mol. The molecule has 3 aromatic heterocycles. The molecule has 1 atom stereocenters. The van der Waals surface area contributed by atoms with Gasteiger partial charge in [0.25, 0.3) is 6.43 Å². The van der Waals surface area contributed by atoms with E-state index < -0.39 is 6.43 Å². The molecule has 1 saturated heterocycles. The molecule has 4 rings (SSSR count). The summed E-state index contributed by atoms with van der Waals surface area (Å²) in [5.41, 5.74) is 1.24. The van der Waals surface area contributed by atoms with Crippen molar-refractivity contribution in [2.75, 3.05) is 18.0 Å². The van der Waals surface area contributed by atoms with Crippen molar-refractivity contribution in [1.82, 2.24) is 24.6 Å². The quantitative estimate of drug-likeness (QED) is 0.670. The highest BCUT2D eigenvalue weighted by atomic mass is 19.3. The molecule has 0 radical (unpaired) electrons. The van der Waals surface area contributed by atoms with Crippen LogP contribution < -0.4 is 4.90 Å². The van der Waals surface area contributed by atoms with Crippen LogP contribution >= 0.6 is 0 Å². The van der Waals surface area contributed by atoms with Gasteiger partial charge in [0.15, 0.2) is 5.65 Å². The van der Waals surface area contributed by atoms with Crippen molar-refractivity contribution in [2.24, 2.45) is 5.92 Å². The predicted molar refractivity (Wildman–Crippen MR) is 99.2 cm³/mol. The summed E-state index contributed by atoms with van der Waals surface area (Å²) in [5.74, 6) is 1.26. The SMILES string of the molecule is CC(=O)CC1CCCN(c2cc(-c3cnc4ccc(C(F)F)nn34)ncn2)C1. The van der Waals surface area contributed by atoms with Gasteiger partial charge in [-0.3, -0.25) is 0 Å². The number of fused-ring (bicyclic) bond motifs is 1. The number of ketones is 1. The molecule has 0 bridgehead atoms. The van der Waals surface area contributed by atoms with Crippen LogP contribution in [0, 0.1) is 5.92 Å². The van der Waals surface area contributed by atoms with E-state index in [1.165, 1.54) is 23.0 Å². The molecule has 0 aromatic carbocycles. The third-order valence-electron chi connectivity index (χ3n) is 4.94. The zero-order valence-corrected chi connectivity index (χ0v) is 15.4. The largest absolute Gasteiger partial charge is 0.356 e. The summed E-state index contributed by atoms with van der Waals surface area (Å²) in [7, 11) is 0. The summed E-state index contributed by atoms with van der Waals surface area (Å²) in [6.07, 6.45) is 2.95. The van der Waals surface area contributed by atoms with Gasteiger partial charge in [-0.1, -0.05) is 0 Å². The van der Waals surface area contributed by atoms with Crippen LogP contribution in [0.1, 0.15) is 38.3 Å². The number of rotatable bonds is 5. The van der Waals surface area contributed by atoms with E-state index in [1.807, 2.05) is 6.07 Å². The minimum Gasteiger partial charge on any atom is -0.356 e. The van der Waals surface area contributed by atoms with Crippen LogP contribution in [0.15, 0.2) is 30.7 Å². The first kappa shape index (κ1) is 18.4. The Labute approximate surface area is 160 Å². The van der Waals surface area contributed by atoms with E-state index in [2.05, 4.69) is 25.0 Å². The molecule has 0 saturated carbocycles. The van der Waals surface area contributed by atoms with Gasteiger partial charge in [-0.05, 0) is 37.8 Å². The van der Waals surface area contributed by atoms with Gasteiger partial charge >= 0.3 is 0 Å². The second-order valence-electron chi connectivity index (χ2n) is 7.09. The van der Waals surface area contributed by atoms with E-state index in [0.717, 1.165) is 31.7 Å². The lowest BCUT2D eigenvalue weighted by atomic mass is 9.93. The van der Waals surface area contributed by atoms with Crippen LogP contribution in [0.25, 0.3) is 17.0 Å². The van der Waals surface area contributed by atoms with Crippen molar-refractivity contribution in [2.45, 2.75) is 32.6 Å². The van der Waals surface area contributed by atoms with E-state index >= 15 is 0 Å². The Morgan fingerprint density at radius 1 is 1.29 bits per heavy atom. The molecule has 0 aliphatic carbocycles. The number of Topliss-reactive ketones (excluding diaryl/α,β-unsaturated/α-hetero) is 1. The van der Waals surface area contributed by atoms with E-state index in [-0.39, 0.29) is 11.5 Å². The molecule has 1 unspecified atom stereocenters. The molecule has 0 amide bonds. The lowest BCUT2D eigenvalue weighted by molar-refractivity contribution is -0.117. The monoisotopic (exact) mass is 386 g/mol. The van der Waals surface area contributed by atoms with Crippen LogP contribution in [0.2, 0.25) is 0 Å². The number of imidazole rings is 1. The Balaban J connectivity index is 1.65. The summed E-state index contributed by atoms with van der Waals surface area (Å²) in [6.45, 7) is 3.23. The van der Waals surface area contributed by atoms with Crippen molar-refractivity contribution in [1.29, 1.82) is 0 Å². The summed E-state index contributed by atoms with van der Waals surface area (Å²) in [6, 6.07) is 4.60. The first-order valence-corrected chi connectivity index (χ1v) is 9.21. The van der Waals surface area contributed by atoms with Crippen molar-refractivity contribution < 1.29 is 13.6 Å². The summed E-state index contributed by atoms with van der Waals surface area (Å²) >= 11 is 0. The van der Waals surface area contributed by atoms with Gasteiger partial charge in [0, 0.05) is 25.6 Å². The van der Waals surface area contributed by atoms with Gasteiger partial charge in [-0.2, -0.15) is 5.10 Å². The molecule has 3 aromatic rings. The van der Waals surface area contributed by atoms with Crippen molar-refractivity contribution in [3.8, 4) is 11.4 Å². The molecular formula is C19H20F2N6O. The maximum Gasteiger partial charge on any atom is 0.282 e. The fourth-order valence-electron chi connectivity index (χ4n) is 3.68. The number of carbonyl (C=O) groups excluding carboxylic acids is 1. The van der Waals surface area contributed by atoms with Crippen LogP contribution in [-0.4, -0.2) is 43.4 Å². The number of hydrogen-bond donors (Lipinski definition) is 0. The molecule has 146 valence electrons. The number of aromatic nitrogens is 5. The Kier molecular flexibility index (Phi) is 4.97. The summed E-state index contributed by atoms with van der Waals surface area (Å²) in [4.78, 5) is 26.5. The van der Waals surface area contributed by atoms with E-state index in [9.17, 15) is 13.6 Å². The third kappa shape index (κ3) is 3.69. The maximum absolute atomic E-state index is 13.0. The topological polar surface area (TPSA) is 76.3 Å². The van der Waals surface area contributed by atoms with Gasteiger partial charge in [0.1, 0.15) is 29.3 Å². The zero-order chi connectivity index (χ0) is 19.7. The predicted octanol–water partition coefficient (Wildman–Crippen LogP) is 3.32. The molecule has 9 heteroatoms. The molecule has 7 nitrogen and oxygen atoms in total.